The van der Waals surface area contributed by atoms with Gasteiger partial charge < -0.3 is 10.7 Å². The summed E-state index contributed by atoms with van der Waals surface area (Å²) in [6, 6.07) is 5.89. The Balaban J connectivity index is 2.87. The molecule has 0 fully saturated rings. The normalized spacial score (nSPS) is 10.6. The summed E-state index contributed by atoms with van der Waals surface area (Å²) in [6.07, 6.45) is 1.99. The lowest BCUT2D eigenvalue weighted by atomic mass is 10.2. The first-order chi connectivity index (χ1) is 5.27. The number of aromatic amines is 1. The Bertz CT molecular complexity index is 387. The highest BCUT2D eigenvalue weighted by atomic mass is 14.7. The maximum atomic E-state index is 5.64. The van der Waals surface area contributed by atoms with Crippen molar-refractivity contribution in [1.82, 2.24) is 4.98 Å². The van der Waals surface area contributed by atoms with Crippen molar-refractivity contribution >= 4 is 16.6 Å². The Morgan fingerprint density at radius 3 is 3.00 bits per heavy atom. The molecule has 0 aliphatic rings. The molecule has 2 rings (SSSR count). The van der Waals surface area contributed by atoms with Gasteiger partial charge in [-0.1, -0.05) is 0 Å². The van der Waals surface area contributed by atoms with Gasteiger partial charge in [0.15, 0.2) is 0 Å². The molecule has 0 radical (unpaired) electrons. The van der Waals surface area contributed by atoms with Crippen molar-refractivity contribution < 1.29 is 0 Å². The predicted molar refractivity (Wildman–Crippen MR) is 47.4 cm³/mol. The molecule has 56 valence electrons. The van der Waals surface area contributed by atoms with E-state index >= 15 is 0 Å². The number of benzene rings is 1. The minimum absolute atomic E-state index is 0.820. The maximum absolute atomic E-state index is 5.64. The molecule has 2 heteroatoms. The standard InChI is InChI=1S/C9H10N2/c1-6-5-11-9-3-2-7(10)4-8(6)9/h2-5,11H,10H2,1H3. The summed E-state index contributed by atoms with van der Waals surface area (Å²) in [7, 11) is 0. The van der Waals surface area contributed by atoms with Crippen molar-refractivity contribution in [3.05, 3.63) is 30.0 Å². The van der Waals surface area contributed by atoms with Crippen LogP contribution in [0.4, 0.5) is 5.69 Å². The Labute approximate surface area is 65.0 Å². The molecule has 3 N–H and O–H groups in total. The van der Waals surface area contributed by atoms with Gasteiger partial charge in [-0.05, 0) is 30.7 Å². The van der Waals surface area contributed by atoms with E-state index in [0.717, 1.165) is 11.2 Å². The van der Waals surface area contributed by atoms with Gasteiger partial charge in [-0.3, -0.25) is 0 Å². The van der Waals surface area contributed by atoms with Crippen LogP contribution >= 0.6 is 0 Å². The SMILES string of the molecule is Cc1c[nH]c2ccc(N)cc12. The third kappa shape index (κ3) is 0.871. The van der Waals surface area contributed by atoms with Gasteiger partial charge in [0.1, 0.15) is 0 Å². The fraction of sp³-hybridized carbons (Fsp3) is 0.111. The van der Waals surface area contributed by atoms with Crippen LogP contribution in [-0.4, -0.2) is 4.98 Å². The second-order valence-electron chi connectivity index (χ2n) is 2.78. The highest BCUT2D eigenvalue weighted by Gasteiger charge is 1.97. The van der Waals surface area contributed by atoms with Gasteiger partial charge in [-0.15, -0.1) is 0 Å². The molecule has 0 aliphatic carbocycles. The third-order valence-electron chi connectivity index (χ3n) is 1.91. The number of fused-ring (bicyclic) bond motifs is 1. The van der Waals surface area contributed by atoms with Crippen LogP contribution in [0.15, 0.2) is 24.4 Å². The van der Waals surface area contributed by atoms with E-state index in [1.165, 1.54) is 10.9 Å². The van der Waals surface area contributed by atoms with Gasteiger partial charge in [-0.25, -0.2) is 0 Å². The summed E-state index contributed by atoms with van der Waals surface area (Å²) in [6.45, 7) is 2.07. The predicted octanol–water partition coefficient (Wildman–Crippen LogP) is 2.06. The van der Waals surface area contributed by atoms with E-state index < -0.39 is 0 Å². The summed E-state index contributed by atoms with van der Waals surface area (Å²) in [5.41, 5.74) is 8.85. The highest BCUT2D eigenvalue weighted by molar-refractivity contribution is 5.85. The highest BCUT2D eigenvalue weighted by Crippen LogP contribution is 2.19. The minimum Gasteiger partial charge on any atom is -0.399 e. The number of H-pyrrole nitrogens is 1. The zero-order chi connectivity index (χ0) is 7.84. The van der Waals surface area contributed by atoms with Crippen LogP contribution < -0.4 is 5.73 Å². The molecule has 0 saturated heterocycles. The van der Waals surface area contributed by atoms with Gasteiger partial charge in [0.05, 0.1) is 0 Å². The van der Waals surface area contributed by atoms with Crippen LogP contribution in [0.2, 0.25) is 0 Å². The fourth-order valence-corrected chi connectivity index (χ4v) is 1.28. The Morgan fingerprint density at radius 1 is 1.36 bits per heavy atom. The summed E-state index contributed by atoms with van der Waals surface area (Å²) in [5, 5.41) is 1.21. The van der Waals surface area contributed by atoms with Crippen molar-refractivity contribution in [2.75, 3.05) is 5.73 Å². The molecule has 1 aromatic carbocycles. The van der Waals surface area contributed by atoms with Crippen LogP contribution in [0, 0.1) is 6.92 Å². The van der Waals surface area contributed by atoms with Crippen molar-refractivity contribution in [2.45, 2.75) is 6.92 Å². The van der Waals surface area contributed by atoms with Crippen molar-refractivity contribution in [3.63, 3.8) is 0 Å². The van der Waals surface area contributed by atoms with Crippen LogP contribution in [0.1, 0.15) is 5.56 Å². The monoisotopic (exact) mass is 146 g/mol. The molecule has 0 atom stereocenters. The largest absolute Gasteiger partial charge is 0.399 e. The Kier molecular flexibility index (Phi) is 1.15. The molecule has 0 amide bonds. The van der Waals surface area contributed by atoms with E-state index in [2.05, 4.69) is 11.9 Å². The fourth-order valence-electron chi connectivity index (χ4n) is 1.28. The lowest BCUT2D eigenvalue weighted by Crippen LogP contribution is -1.82. The topological polar surface area (TPSA) is 41.8 Å². The minimum atomic E-state index is 0.820. The van der Waals surface area contributed by atoms with Crippen molar-refractivity contribution in [2.24, 2.45) is 0 Å². The zero-order valence-electron chi connectivity index (χ0n) is 6.39. The summed E-state index contributed by atoms with van der Waals surface area (Å²) in [4.78, 5) is 3.16. The van der Waals surface area contributed by atoms with Gasteiger partial charge >= 0.3 is 0 Å². The first-order valence-electron chi connectivity index (χ1n) is 3.60. The van der Waals surface area contributed by atoms with Crippen LogP contribution in [-0.2, 0) is 0 Å². The summed E-state index contributed by atoms with van der Waals surface area (Å²) >= 11 is 0. The molecule has 0 saturated carbocycles. The maximum Gasteiger partial charge on any atom is 0.0458 e. The molecule has 0 unspecified atom stereocenters. The number of nitrogens with two attached hydrogens (primary N) is 1. The van der Waals surface area contributed by atoms with Crippen molar-refractivity contribution in [1.29, 1.82) is 0 Å². The van der Waals surface area contributed by atoms with Crippen LogP contribution in [0.5, 0.6) is 0 Å². The number of hydrogen-bond acceptors (Lipinski definition) is 1. The summed E-state index contributed by atoms with van der Waals surface area (Å²) < 4.78 is 0. The van der Waals surface area contributed by atoms with E-state index in [9.17, 15) is 0 Å². The number of nitrogens with one attached hydrogen (secondary N) is 1. The van der Waals surface area contributed by atoms with E-state index in [-0.39, 0.29) is 0 Å². The molecule has 2 nitrogen and oxygen atoms in total. The second kappa shape index (κ2) is 2.02. The number of rotatable bonds is 0. The van der Waals surface area contributed by atoms with E-state index in [4.69, 9.17) is 5.73 Å². The number of anilines is 1. The van der Waals surface area contributed by atoms with Gasteiger partial charge in [0.25, 0.3) is 0 Å². The van der Waals surface area contributed by atoms with Crippen LogP contribution in [0.25, 0.3) is 10.9 Å². The third-order valence-corrected chi connectivity index (χ3v) is 1.91. The lowest BCUT2D eigenvalue weighted by Gasteiger charge is -1.93. The van der Waals surface area contributed by atoms with E-state index in [0.29, 0.717) is 0 Å². The van der Waals surface area contributed by atoms with Gasteiger partial charge in [0, 0.05) is 22.8 Å². The van der Waals surface area contributed by atoms with E-state index in [1.807, 2.05) is 24.4 Å². The number of aromatic nitrogens is 1. The number of nitrogen functional groups attached to an aromatic ring is 1. The zero-order valence-corrected chi connectivity index (χ0v) is 6.39. The molecule has 1 aromatic heterocycles. The molecule has 0 spiro atoms. The van der Waals surface area contributed by atoms with E-state index in [1.54, 1.807) is 0 Å². The number of hydrogen-bond donors (Lipinski definition) is 2. The van der Waals surface area contributed by atoms with Crippen LogP contribution in [0.3, 0.4) is 0 Å². The van der Waals surface area contributed by atoms with Crippen molar-refractivity contribution in [3.8, 4) is 0 Å². The van der Waals surface area contributed by atoms with Gasteiger partial charge in [0.2, 0.25) is 0 Å². The number of aryl methyl sites for hydroxylation is 1. The molecule has 0 aliphatic heterocycles. The summed E-state index contributed by atoms with van der Waals surface area (Å²) in [5.74, 6) is 0. The first kappa shape index (κ1) is 6.28. The average Bonchev–Trinajstić information content (AvgIpc) is 2.33. The second-order valence-corrected chi connectivity index (χ2v) is 2.78. The average molecular weight is 146 g/mol. The lowest BCUT2D eigenvalue weighted by molar-refractivity contribution is 1.43. The first-order valence-corrected chi connectivity index (χ1v) is 3.60. The Hall–Kier alpha value is -1.44. The molecular formula is C9H10N2. The smallest absolute Gasteiger partial charge is 0.0458 e. The molecular weight excluding hydrogens is 136 g/mol. The molecule has 0 bridgehead atoms. The molecule has 1 heterocycles. The molecule has 2 aromatic rings. The van der Waals surface area contributed by atoms with Gasteiger partial charge in [-0.2, -0.15) is 0 Å². The molecule has 11 heavy (non-hydrogen) atoms. The quantitative estimate of drug-likeness (QED) is 0.549. The Morgan fingerprint density at radius 2 is 2.18 bits per heavy atom.